The number of hydrogen-bond donors (Lipinski definition) is 2. The molecule has 0 unspecified atom stereocenters. The fraction of sp³-hybridized carbons (Fsp3) is 0.538. The molecule has 0 aromatic carbocycles. The van der Waals surface area contributed by atoms with E-state index >= 15 is 0 Å². The summed E-state index contributed by atoms with van der Waals surface area (Å²) in [7, 11) is 4.03. The number of nitrogens with zero attached hydrogens (tertiary/aromatic N) is 2. The van der Waals surface area contributed by atoms with Gasteiger partial charge in [0.25, 0.3) is 5.91 Å². The standard InChI is InChI=1S/C13H22N4O.2ClH/c1-13(2,9-17(3)4)8-16-12(18)10-7-15-6-5-11(10)14;;/h5-7H,8-9H2,1-4H3,(H2,14,15)(H,16,18);2*1H. The summed E-state index contributed by atoms with van der Waals surface area (Å²) >= 11 is 0. The highest BCUT2D eigenvalue weighted by Crippen LogP contribution is 2.15. The molecule has 0 fully saturated rings. The minimum atomic E-state index is -0.174. The van der Waals surface area contributed by atoms with Gasteiger partial charge < -0.3 is 16.0 Å². The quantitative estimate of drug-likeness (QED) is 0.867. The van der Waals surface area contributed by atoms with Gasteiger partial charge in [-0.25, -0.2) is 0 Å². The summed E-state index contributed by atoms with van der Waals surface area (Å²) < 4.78 is 0. The van der Waals surface area contributed by atoms with Crippen LogP contribution >= 0.6 is 24.8 Å². The summed E-state index contributed by atoms with van der Waals surface area (Å²) in [4.78, 5) is 18.0. The van der Waals surface area contributed by atoms with Crippen molar-refractivity contribution in [2.24, 2.45) is 5.41 Å². The van der Waals surface area contributed by atoms with Crippen molar-refractivity contribution >= 4 is 36.4 Å². The lowest BCUT2D eigenvalue weighted by atomic mass is 9.93. The Labute approximate surface area is 133 Å². The highest BCUT2D eigenvalue weighted by Gasteiger charge is 2.20. The third kappa shape index (κ3) is 6.93. The molecule has 0 aliphatic carbocycles. The minimum Gasteiger partial charge on any atom is -0.398 e. The molecular weight excluding hydrogens is 299 g/mol. The molecule has 0 aliphatic rings. The molecule has 0 atom stereocenters. The van der Waals surface area contributed by atoms with Gasteiger partial charge in [-0.15, -0.1) is 24.8 Å². The summed E-state index contributed by atoms with van der Waals surface area (Å²) in [5.41, 5.74) is 6.62. The van der Waals surface area contributed by atoms with E-state index < -0.39 is 0 Å². The predicted molar refractivity (Wildman–Crippen MR) is 87.8 cm³/mol. The molecule has 1 aromatic heterocycles. The molecule has 20 heavy (non-hydrogen) atoms. The van der Waals surface area contributed by atoms with Crippen LogP contribution in [-0.2, 0) is 0 Å². The molecule has 1 amide bonds. The van der Waals surface area contributed by atoms with Crippen LogP contribution < -0.4 is 11.1 Å². The zero-order valence-electron chi connectivity index (χ0n) is 12.3. The van der Waals surface area contributed by atoms with Crippen LogP contribution in [0.5, 0.6) is 0 Å². The third-order valence-corrected chi connectivity index (χ3v) is 2.57. The normalized spacial score (nSPS) is 10.4. The number of anilines is 1. The minimum absolute atomic E-state index is 0. The summed E-state index contributed by atoms with van der Waals surface area (Å²) in [6.45, 7) is 5.72. The highest BCUT2D eigenvalue weighted by molar-refractivity contribution is 5.98. The van der Waals surface area contributed by atoms with Gasteiger partial charge in [0.05, 0.1) is 5.56 Å². The second-order valence-electron chi connectivity index (χ2n) is 5.55. The first-order valence-electron chi connectivity index (χ1n) is 5.94. The van der Waals surface area contributed by atoms with Crippen molar-refractivity contribution in [1.82, 2.24) is 15.2 Å². The summed E-state index contributed by atoms with van der Waals surface area (Å²) in [6.07, 6.45) is 3.06. The number of carbonyl (C=O) groups is 1. The molecular formula is C13H24Cl2N4O. The molecule has 116 valence electrons. The van der Waals surface area contributed by atoms with Crippen LogP contribution in [0.25, 0.3) is 0 Å². The molecule has 0 radical (unpaired) electrons. The van der Waals surface area contributed by atoms with Crippen LogP contribution in [0.3, 0.4) is 0 Å². The summed E-state index contributed by atoms with van der Waals surface area (Å²) in [5, 5.41) is 2.90. The zero-order chi connectivity index (χ0) is 13.8. The van der Waals surface area contributed by atoms with Crippen molar-refractivity contribution in [3.8, 4) is 0 Å². The van der Waals surface area contributed by atoms with Gasteiger partial charge in [0.15, 0.2) is 0 Å². The summed E-state index contributed by atoms with van der Waals surface area (Å²) in [6, 6.07) is 1.62. The van der Waals surface area contributed by atoms with Gasteiger partial charge in [0.1, 0.15) is 0 Å². The first-order valence-corrected chi connectivity index (χ1v) is 5.94. The molecule has 1 heterocycles. The van der Waals surface area contributed by atoms with E-state index in [1.807, 2.05) is 14.1 Å². The predicted octanol–water partition coefficient (Wildman–Crippen LogP) is 1.82. The molecule has 0 saturated carbocycles. The lowest BCUT2D eigenvalue weighted by Crippen LogP contribution is -2.40. The monoisotopic (exact) mass is 322 g/mol. The number of hydrogen-bond acceptors (Lipinski definition) is 4. The number of amides is 1. The maximum Gasteiger partial charge on any atom is 0.254 e. The largest absolute Gasteiger partial charge is 0.398 e. The van der Waals surface area contributed by atoms with Gasteiger partial charge in [-0.3, -0.25) is 9.78 Å². The number of rotatable bonds is 5. The van der Waals surface area contributed by atoms with E-state index in [9.17, 15) is 4.79 Å². The average Bonchev–Trinajstić information content (AvgIpc) is 2.25. The van der Waals surface area contributed by atoms with Crippen molar-refractivity contribution in [1.29, 1.82) is 0 Å². The van der Waals surface area contributed by atoms with Gasteiger partial charge in [0, 0.05) is 31.2 Å². The Bertz CT molecular complexity index is 425. The highest BCUT2D eigenvalue weighted by atomic mass is 35.5. The number of aromatic nitrogens is 1. The van der Waals surface area contributed by atoms with E-state index in [1.54, 1.807) is 12.3 Å². The van der Waals surface area contributed by atoms with Crippen molar-refractivity contribution < 1.29 is 4.79 Å². The van der Waals surface area contributed by atoms with Crippen molar-refractivity contribution in [2.75, 3.05) is 32.9 Å². The molecule has 0 spiro atoms. The van der Waals surface area contributed by atoms with Crippen LogP contribution in [0.4, 0.5) is 5.69 Å². The van der Waals surface area contributed by atoms with Crippen LogP contribution in [0.1, 0.15) is 24.2 Å². The Balaban J connectivity index is 0. The lowest BCUT2D eigenvalue weighted by Gasteiger charge is -2.28. The van der Waals surface area contributed by atoms with E-state index in [4.69, 9.17) is 5.73 Å². The SMILES string of the molecule is CN(C)CC(C)(C)CNC(=O)c1cnccc1N.Cl.Cl. The molecule has 0 aliphatic heterocycles. The van der Waals surface area contributed by atoms with Crippen molar-refractivity contribution in [2.45, 2.75) is 13.8 Å². The van der Waals surface area contributed by atoms with E-state index in [0.29, 0.717) is 17.8 Å². The Morgan fingerprint density at radius 1 is 1.40 bits per heavy atom. The van der Waals surface area contributed by atoms with E-state index in [0.717, 1.165) is 6.54 Å². The molecule has 3 N–H and O–H groups in total. The van der Waals surface area contributed by atoms with Crippen LogP contribution in [0, 0.1) is 5.41 Å². The van der Waals surface area contributed by atoms with E-state index in [-0.39, 0.29) is 36.1 Å². The number of nitrogens with two attached hydrogens (primary N) is 1. The number of halogens is 2. The summed E-state index contributed by atoms with van der Waals surface area (Å²) in [5.74, 6) is -0.174. The first-order chi connectivity index (χ1) is 8.32. The number of carbonyl (C=O) groups excluding carboxylic acids is 1. The topological polar surface area (TPSA) is 71.2 Å². The lowest BCUT2D eigenvalue weighted by molar-refractivity contribution is 0.0930. The van der Waals surface area contributed by atoms with Crippen molar-refractivity contribution in [3.05, 3.63) is 24.0 Å². The maximum absolute atomic E-state index is 12.0. The molecule has 1 aromatic rings. The second-order valence-corrected chi connectivity index (χ2v) is 5.55. The fourth-order valence-corrected chi connectivity index (χ4v) is 1.92. The number of nitrogens with one attached hydrogen (secondary N) is 1. The number of nitrogen functional groups attached to an aromatic ring is 1. The molecule has 1 rings (SSSR count). The van der Waals surface area contributed by atoms with Gasteiger partial charge >= 0.3 is 0 Å². The van der Waals surface area contributed by atoms with Gasteiger partial charge in [-0.1, -0.05) is 13.8 Å². The Morgan fingerprint density at radius 3 is 2.50 bits per heavy atom. The van der Waals surface area contributed by atoms with Crippen LogP contribution in [0.2, 0.25) is 0 Å². The number of pyridine rings is 1. The average molecular weight is 323 g/mol. The molecule has 0 saturated heterocycles. The molecule has 0 bridgehead atoms. The van der Waals surface area contributed by atoms with Gasteiger partial charge in [0.2, 0.25) is 0 Å². The van der Waals surface area contributed by atoms with Crippen molar-refractivity contribution in [3.63, 3.8) is 0 Å². The molecule has 7 heteroatoms. The van der Waals surface area contributed by atoms with Gasteiger partial charge in [-0.2, -0.15) is 0 Å². The van der Waals surface area contributed by atoms with E-state index in [2.05, 4.69) is 29.0 Å². The van der Waals surface area contributed by atoms with Gasteiger partial charge in [-0.05, 0) is 25.6 Å². The Morgan fingerprint density at radius 2 is 2.00 bits per heavy atom. The zero-order valence-corrected chi connectivity index (χ0v) is 14.0. The second kappa shape index (κ2) is 9.00. The Kier molecular flexibility index (Phi) is 9.57. The third-order valence-electron chi connectivity index (χ3n) is 2.57. The van der Waals surface area contributed by atoms with Crippen LogP contribution in [-0.4, -0.2) is 43.0 Å². The smallest absolute Gasteiger partial charge is 0.254 e. The van der Waals surface area contributed by atoms with Crippen LogP contribution in [0.15, 0.2) is 18.5 Å². The van der Waals surface area contributed by atoms with E-state index in [1.165, 1.54) is 6.20 Å². The fourth-order valence-electron chi connectivity index (χ4n) is 1.92. The molecule has 5 nitrogen and oxygen atoms in total. The first kappa shape index (κ1) is 21.3. The maximum atomic E-state index is 12.0. The Hall–Kier alpha value is -1.04.